The first-order valence-corrected chi connectivity index (χ1v) is 6.45. The van der Waals surface area contributed by atoms with Gasteiger partial charge in [0.1, 0.15) is 0 Å². The van der Waals surface area contributed by atoms with Gasteiger partial charge in [0, 0.05) is 31.2 Å². The molecule has 0 atom stereocenters. The average molecular weight is 231 g/mol. The standard InChI is InChI=1S/C14H21N3/c1-3-5-6-8-13-12-16-11-7-9-15-14(16)17(13)10-4-2/h4,7,9,12H,2-3,5-6,8,10-11H2,1H3. The lowest BCUT2D eigenvalue weighted by molar-refractivity contribution is 0.501. The highest BCUT2D eigenvalue weighted by atomic mass is 15.4. The molecule has 2 heterocycles. The summed E-state index contributed by atoms with van der Waals surface area (Å²) in [6.07, 6.45) is 13.1. The molecule has 0 N–H and O–H groups in total. The van der Waals surface area contributed by atoms with Crippen molar-refractivity contribution in [1.82, 2.24) is 9.80 Å². The molecule has 0 bridgehead atoms. The number of allylic oxidation sites excluding steroid dienone is 1. The van der Waals surface area contributed by atoms with Crippen LogP contribution in [0.4, 0.5) is 0 Å². The van der Waals surface area contributed by atoms with Gasteiger partial charge in [-0.2, -0.15) is 0 Å². The van der Waals surface area contributed by atoms with E-state index in [2.05, 4.69) is 40.6 Å². The van der Waals surface area contributed by atoms with Gasteiger partial charge in [-0.25, -0.2) is 4.99 Å². The Balaban J connectivity index is 2.06. The summed E-state index contributed by atoms with van der Waals surface area (Å²) in [7, 11) is 0. The zero-order chi connectivity index (χ0) is 12.1. The van der Waals surface area contributed by atoms with Crippen molar-refractivity contribution in [1.29, 1.82) is 0 Å². The highest BCUT2D eigenvalue weighted by Crippen LogP contribution is 2.24. The van der Waals surface area contributed by atoms with Gasteiger partial charge in [0.25, 0.3) is 0 Å². The molecule has 0 radical (unpaired) electrons. The minimum absolute atomic E-state index is 0.848. The van der Waals surface area contributed by atoms with Gasteiger partial charge in [-0.05, 0) is 18.9 Å². The van der Waals surface area contributed by atoms with Crippen LogP contribution in [0.15, 0.2) is 41.8 Å². The fraction of sp³-hybridized carbons (Fsp3) is 0.500. The fourth-order valence-electron chi connectivity index (χ4n) is 2.23. The Morgan fingerprint density at radius 2 is 2.35 bits per heavy atom. The van der Waals surface area contributed by atoms with Gasteiger partial charge in [0.05, 0.1) is 0 Å². The van der Waals surface area contributed by atoms with E-state index in [1.807, 2.05) is 12.3 Å². The maximum absolute atomic E-state index is 4.46. The fourth-order valence-corrected chi connectivity index (χ4v) is 2.23. The van der Waals surface area contributed by atoms with E-state index < -0.39 is 0 Å². The van der Waals surface area contributed by atoms with Crippen LogP contribution in [0.3, 0.4) is 0 Å². The van der Waals surface area contributed by atoms with E-state index in [1.165, 1.54) is 25.0 Å². The largest absolute Gasteiger partial charge is 0.313 e. The topological polar surface area (TPSA) is 18.8 Å². The van der Waals surface area contributed by atoms with Crippen molar-refractivity contribution in [3.05, 3.63) is 36.8 Å². The first-order chi connectivity index (χ1) is 8.36. The zero-order valence-corrected chi connectivity index (χ0v) is 10.6. The lowest BCUT2D eigenvalue weighted by Gasteiger charge is -2.25. The lowest BCUT2D eigenvalue weighted by Crippen LogP contribution is -2.36. The van der Waals surface area contributed by atoms with Crippen LogP contribution in [0.2, 0.25) is 0 Å². The van der Waals surface area contributed by atoms with Gasteiger partial charge in [-0.15, -0.1) is 6.58 Å². The Hall–Kier alpha value is -1.51. The molecule has 2 aliphatic heterocycles. The van der Waals surface area contributed by atoms with E-state index in [-0.39, 0.29) is 0 Å². The van der Waals surface area contributed by atoms with Crippen LogP contribution in [0.5, 0.6) is 0 Å². The third-order valence-corrected chi connectivity index (χ3v) is 3.10. The van der Waals surface area contributed by atoms with Crippen LogP contribution in [-0.2, 0) is 0 Å². The van der Waals surface area contributed by atoms with Crippen LogP contribution in [-0.4, -0.2) is 28.8 Å². The quantitative estimate of drug-likeness (QED) is 0.517. The van der Waals surface area contributed by atoms with Crippen molar-refractivity contribution in [2.75, 3.05) is 13.1 Å². The van der Waals surface area contributed by atoms with Crippen LogP contribution in [0, 0.1) is 0 Å². The van der Waals surface area contributed by atoms with Crippen molar-refractivity contribution in [2.45, 2.75) is 32.6 Å². The van der Waals surface area contributed by atoms with Crippen molar-refractivity contribution in [2.24, 2.45) is 4.99 Å². The lowest BCUT2D eigenvalue weighted by atomic mass is 10.1. The van der Waals surface area contributed by atoms with Crippen molar-refractivity contribution < 1.29 is 0 Å². The Morgan fingerprint density at radius 1 is 1.47 bits per heavy atom. The van der Waals surface area contributed by atoms with Crippen LogP contribution < -0.4 is 0 Å². The van der Waals surface area contributed by atoms with Gasteiger partial charge in [0.15, 0.2) is 0 Å². The van der Waals surface area contributed by atoms with E-state index in [0.717, 1.165) is 25.5 Å². The van der Waals surface area contributed by atoms with Gasteiger partial charge in [0.2, 0.25) is 5.96 Å². The molecule has 3 nitrogen and oxygen atoms in total. The number of hydrogen-bond donors (Lipinski definition) is 0. The number of nitrogens with zero attached hydrogens (tertiary/aromatic N) is 3. The van der Waals surface area contributed by atoms with Crippen molar-refractivity contribution in [3.63, 3.8) is 0 Å². The second-order valence-corrected chi connectivity index (χ2v) is 4.44. The van der Waals surface area contributed by atoms with E-state index in [4.69, 9.17) is 0 Å². The molecule has 0 aromatic rings. The van der Waals surface area contributed by atoms with Gasteiger partial charge >= 0.3 is 0 Å². The predicted molar refractivity (Wildman–Crippen MR) is 72.4 cm³/mol. The highest BCUT2D eigenvalue weighted by Gasteiger charge is 2.27. The molecule has 17 heavy (non-hydrogen) atoms. The number of aliphatic imine (C=N–C) groups is 1. The molecule has 92 valence electrons. The third-order valence-electron chi connectivity index (χ3n) is 3.10. The minimum atomic E-state index is 0.848. The SMILES string of the molecule is C=CCN1C(CCCCC)=CN2CC=CN=C21. The van der Waals surface area contributed by atoms with Crippen LogP contribution in [0.1, 0.15) is 32.6 Å². The summed E-state index contributed by atoms with van der Waals surface area (Å²) in [6, 6.07) is 0. The molecule has 0 aromatic carbocycles. The summed E-state index contributed by atoms with van der Waals surface area (Å²) in [6.45, 7) is 7.85. The molecule has 0 aromatic heterocycles. The molecular formula is C14H21N3. The van der Waals surface area contributed by atoms with E-state index in [0.29, 0.717) is 0 Å². The van der Waals surface area contributed by atoms with E-state index in [1.54, 1.807) is 0 Å². The summed E-state index contributed by atoms with van der Waals surface area (Å²) in [5.41, 5.74) is 1.38. The van der Waals surface area contributed by atoms with Gasteiger partial charge in [-0.1, -0.05) is 25.8 Å². The second-order valence-electron chi connectivity index (χ2n) is 4.44. The minimum Gasteiger partial charge on any atom is -0.313 e. The summed E-state index contributed by atoms with van der Waals surface area (Å²) in [5.74, 6) is 1.05. The maximum Gasteiger partial charge on any atom is 0.210 e. The highest BCUT2D eigenvalue weighted by molar-refractivity contribution is 5.86. The summed E-state index contributed by atoms with van der Waals surface area (Å²) in [5, 5.41) is 0. The van der Waals surface area contributed by atoms with Crippen molar-refractivity contribution in [3.8, 4) is 0 Å². The molecule has 0 amide bonds. The molecule has 0 spiro atoms. The summed E-state index contributed by atoms with van der Waals surface area (Å²) in [4.78, 5) is 8.94. The van der Waals surface area contributed by atoms with E-state index in [9.17, 15) is 0 Å². The number of rotatable bonds is 6. The zero-order valence-electron chi connectivity index (χ0n) is 10.6. The Kier molecular flexibility index (Phi) is 4.02. The molecule has 3 heteroatoms. The van der Waals surface area contributed by atoms with Crippen LogP contribution in [0.25, 0.3) is 0 Å². The number of unbranched alkanes of at least 4 members (excludes halogenated alkanes) is 2. The molecule has 0 unspecified atom stereocenters. The van der Waals surface area contributed by atoms with Gasteiger partial charge in [-0.3, -0.25) is 0 Å². The third kappa shape index (κ3) is 2.60. The monoisotopic (exact) mass is 231 g/mol. The molecule has 2 aliphatic rings. The maximum atomic E-state index is 4.46. The van der Waals surface area contributed by atoms with Crippen LogP contribution >= 0.6 is 0 Å². The predicted octanol–water partition coefficient (Wildman–Crippen LogP) is 3.10. The second kappa shape index (κ2) is 5.71. The first kappa shape index (κ1) is 12.0. The van der Waals surface area contributed by atoms with Crippen molar-refractivity contribution >= 4 is 5.96 Å². The Morgan fingerprint density at radius 3 is 3.12 bits per heavy atom. The van der Waals surface area contributed by atoms with Gasteiger partial charge < -0.3 is 9.80 Å². The Bertz CT molecular complexity index is 366. The summed E-state index contributed by atoms with van der Waals surface area (Å²) >= 11 is 0. The number of fused-ring (bicyclic) bond motifs is 1. The molecule has 0 fully saturated rings. The Labute approximate surface area is 104 Å². The molecule has 0 saturated heterocycles. The molecule has 0 saturated carbocycles. The number of hydrogen-bond acceptors (Lipinski definition) is 3. The number of guanidine groups is 1. The summed E-state index contributed by atoms with van der Waals surface area (Å²) < 4.78 is 0. The molecule has 2 rings (SSSR count). The normalized spacial score (nSPS) is 17.9. The van der Waals surface area contributed by atoms with E-state index >= 15 is 0 Å². The average Bonchev–Trinajstić information content (AvgIpc) is 2.69. The smallest absolute Gasteiger partial charge is 0.210 e. The molecular weight excluding hydrogens is 210 g/mol. The molecule has 0 aliphatic carbocycles. The first-order valence-electron chi connectivity index (χ1n) is 6.45.